The normalized spacial score (nSPS) is 18.2. The van der Waals surface area contributed by atoms with Gasteiger partial charge in [0, 0.05) is 37.5 Å². The number of benzene rings is 2. The molecule has 2 fully saturated rings. The number of aromatic nitrogens is 4. The van der Waals surface area contributed by atoms with Crippen molar-refractivity contribution in [1.29, 1.82) is 5.26 Å². The molecule has 1 aliphatic heterocycles. The molecule has 0 amide bonds. The third kappa shape index (κ3) is 4.22. The van der Waals surface area contributed by atoms with E-state index < -0.39 is 10.0 Å². The van der Waals surface area contributed by atoms with E-state index in [0.29, 0.717) is 38.5 Å². The molecule has 0 unspecified atom stereocenters. The number of nitrogens with zero attached hydrogens (tertiary/aromatic N) is 7. The summed E-state index contributed by atoms with van der Waals surface area (Å²) < 4.78 is 30.6. The van der Waals surface area contributed by atoms with Gasteiger partial charge in [0.05, 0.1) is 16.0 Å². The van der Waals surface area contributed by atoms with E-state index in [2.05, 4.69) is 19.5 Å². The molecule has 2 aromatic heterocycles. The molecule has 3 heterocycles. The van der Waals surface area contributed by atoms with Gasteiger partial charge in [-0.15, -0.1) is 10.2 Å². The van der Waals surface area contributed by atoms with E-state index in [1.807, 2.05) is 30.3 Å². The minimum absolute atomic E-state index is 0.0653. The summed E-state index contributed by atoms with van der Waals surface area (Å²) >= 11 is 0. The van der Waals surface area contributed by atoms with E-state index in [4.69, 9.17) is 4.98 Å². The van der Waals surface area contributed by atoms with Crippen molar-refractivity contribution in [2.75, 3.05) is 31.1 Å². The zero-order chi connectivity index (χ0) is 25.4. The van der Waals surface area contributed by atoms with Gasteiger partial charge in [-0.25, -0.2) is 17.8 Å². The number of nitriles is 1. The maximum Gasteiger partial charge on any atom is 0.244 e. The summed E-state index contributed by atoms with van der Waals surface area (Å²) in [5.74, 6) is 2.08. The second-order valence-electron chi connectivity index (χ2n) is 9.83. The lowest BCUT2D eigenvalue weighted by Gasteiger charge is -2.26. The fourth-order valence-electron chi connectivity index (χ4n) is 5.68. The van der Waals surface area contributed by atoms with Crippen molar-refractivity contribution in [3.05, 3.63) is 59.9 Å². The zero-order valence-corrected chi connectivity index (χ0v) is 21.4. The Labute approximate surface area is 216 Å². The molecule has 4 aromatic rings. The van der Waals surface area contributed by atoms with Crippen LogP contribution in [0, 0.1) is 11.3 Å². The minimum Gasteiger partial charge on any atom is -0.340 e. The smallest absolute Gasteiger partial charge is 0.244 e. The van der Waals surface area contributed by atoms with Crippen LogP contribution < -0.4 is 4.90 Å². The fraction of sp³-hybridized carbons (Fsp3) is 0.407. The first-order chi connectivity index (χ1) is 18.1. The van der Waals surface area contributed by atoms with Gasteiger partial charge in [-0.3, -0.25) is 0 Å². The third-order valence-electron chi connectivity index (χ3n) is 7.59. The number of rotatable bonds is 4. The van der Waals surface area contributed by atoms with Crippen LogP contribution >= 0.6 is 0 Å². The van der Waals surface area contributed by atoms with Gasteiger partial charge in [0.15, 0.2) is 5.65 Å². The van der Waals surface area contributed by atoms with Crippen molar-refractivity contribution < 1.29 is 8.42 Å². The fourth-order valence-corrected chi connectivity index (χ4v) is 7.29. The molecular weight excluding hydrogens is 486 g/mol. The minimum atomic E-state index is -3.79. The second-order valence-corrected chi connectivity index (χ2v) is 11.7. The number of hydrogen-bond donors (Lipinski definition) is 0. The van der Waals surface area contributed by atoms with E-state index >= 15 is 0 Å². The highest BCUT2D eigenvalue weighted by Crippen LogP contribution is 2.35. The standard InChI is InChI=1S/C27H29N7O2S/c28-19-21-11-4-7-14-24(21)37(35,36)33-16-8-15-32(17-18-33)27-29-23-13-6-5-12-22(23)26-31-30-25(34(26)27)20-9-2-1-3-10-20/h4-7,11-14,20H,1-3,8-10,15-18H2. The van der Waals surface area contributed by atoms with Crippen molar-refractivity contribution in [3.8, 4) is 6.07 Å². The van der Waals surface area contributed by atoms with Gasteiger partial charge >= 0.3 is 0 Å². The van der Waals surface area contributed by atoms with Gasteiger partial charge in [-0.05, 0) is 43.5 Å². The van der Waals surface area contributed by atoms with Crippen LogP contribution in [0.5, 0.6) is 0 Å². The molecule has 0 radical (unpaired) electrons. The molecule has 0 atom stereocenters. The third-order valence-corrected chi connectivity index (χ3v) is 9.54. The van der Waals surface area contributed by atoms with Crippen LogP contribution in [0.4, 0.5) is 5.95 Å². The molecule has 2 aliphatic rings. The number of para-hydroxylation sites is 1. The van der Waals surface area contributed by atoms with Crippen LogP contribution in [0.3, 0.4) is 0 Å². The first-order valence-electron chi connectivity index (χ1n) is 13.0. The topological polar surface area (TPSA) is 107 Å². The van der Waals surface area contributed by atoms with Crippen molar-refractivity contribution in [3.63, 3.8) is 0 Å². The first kappa shape index (κ1) is 23.8. The highest BCUT2D eigenvalue weighted by Gasteiger charge is 2.31. The highest BCUT2D eigenvalue weighted by molar-refractivity contribution is 7.89. The molecule has 0 spiro atoms. The van der Waals surface area contributed by atoms with Crippen LogP contribution in [0.1, 0.15) is 55.8 Å². The molecule has 190 valence electrons. The van der Waals surface area contributed by atoms with Gasteiger partial charge in [0.1, 0.15) is 11.9 Å². The van der Waals surface area contributed by atoms with Crippen LogP contribution in [0.2, 0.25) is 0 Å². The Morgan fingerprint density at radius 2 is 1.65 bits per heavy atom. The lowest BCUT2D eigenvalue weighted by Crippen LogP contribution is -2.36. The largest absolute Gasteiger partial charge is 0.340 e. The maximum atomic E-state index is 13.5. The first-order valence-corrected chi connectivity index (χ1v) is 14.4. The number of hydrogen-bond acceptors (Lipinski definition) is 7. The highest BCUT2D eigenvalue weighted by atomic mass is 32.2. The van der Waals surface area contributed by atoms with E-state index in [1.54, 1.807) is 18.2 Å². The second kappa shape index (κ2) is 9.72. The van der Waals surface area contributed by atoms with Crippen molar-refractivity contribution in [2.45, 2.75) is 49.3 Å². The Hall–Kier alpha value is -3.55. The molecular formula is C27H29N7O2S. The molecule has 1 aliphatic carbocycles. The zero-order valence-electron chi connectivity index (χ0n) is 20.6. The summed E-state index contributed by atoms with van der Waals surface area (Å²) in [6, 6.07) is 16.4. The summed E-state index contributed by atoms with van der Waals surface area (Å²) in [4.78, 5) is 7.30. The Balaban J connectivity index is 1.38. The summed E-state index contributed by atoms with van der Waals surface area (Å²) in [7, 11) is -3.79. The van der Waals surface area contributed by atoms with Gasteiger partial charge in [-0.2, -0.15) is 9.57 Å². The average molecular weight is 516 g/mol. The van der Waals surface area contributed by atoms with E-state index in [-0.39, 0.29) is 10.5 Å². The van der Waals surface area contributed by atoms with E-state index in [0.717, 1.165) is 41.2 Å². The number of anilines is 1. The molecule has 10 heteroatoms. The molecule has 0 bridgehead atoms. The summed E-state index contributed by atoms with van der Waals surface area (Å²) in [5.41, 5.74) is 1.82. The van der Waals surface area contributed by atoms with Gasteiger partial charge in [0.25, 0.3) is 0 Å². The Morgan fingerprint density at radius 1 is 0.865 bits per heavy atom. The van der Waals surface area contributed by atoms with Crippen molar-refractivity contribution in [2.24, 2.45) is 0 Å². The SMILES string of the molecule is N#Cc1ccccc1S(=O)(=O)N1CCCN(c2nc3ccccc3c3nnc(C4CCCCC4)n23)CC1. The van der Waals surface area contributed by atoms with Crippen LogP contribution in [0.25, 0.3) is 16.6 Å². The molecule has 37 heavy (non-hydrogen) atoms. The predicted molar refractivity (Wildman–Crippen MR) is 141 cm³/mol. The Morgan fingerprint density at radius 3 is 2.49 bits per heavy atom. The molecule has 9 nitrogen and oxygen atoms in total. The maximum absolute atomic E-state index is 13.5. The van der Waals surface area contributed by atoms with Crippen LogP contribution in [-0.2, 0) is 10.0 Å². The van der Waals surface area contributed by atoms with Crippen LogP contribution in [0.15, 0.2) is 53.4 Å². The lowest BCUT2D eigenvalue weighted by molar-refractivity contribution is 0.425. The summed E-state index contributed by atoms with van der Waals surface area (Å²) in [5, 5.41) is 19.7. The molecule has 6 rings (SSSR count). The van der Waals surface area contributed by atoms with Gasteiger partial charge in [-0.1, -0.05) is 43.5 Å². The van der Waals surface area contributed by atoms with Gasteiger partial charge in [0.2, 0.25) is 16.0 Å². The van der Waals surface area contributed by atoms with Crippen LogP contribution in [-0.4, -0.2) is 58.5 Å². The van der Waals surface area contributed by atoms with Crippen molar-refractivity contribution >= 4 is 32.5 Å². The summed E-state index contributed by atoms with van der Waals surface area (Å²) in [6.45, 7) is 1.83. The molecule has 1 saturated heterocycles. The van der Waals surface area contributed by atoms with Crippen molar-refractivity contribution in [1.82, 2.24) is 23.9 Å². The van der Waals surface area contributed by atoms with E-state index in [1.165, 1.54) is 29.6 Å². The van der Waals surface area contributed by atoms with E-state index in [9.17, 15) is 13.7 Å². The predicted octanol–water partition coefficient (Wildman–Crippen LogP) is 4.10. The average Bonchev–Trinajstić information content (AvgIpc) is 3.23. The number of sulfonamides is 1. The quantitative estimate of drug-likeness (QED) is 0.403. The molecule has 2 aromatic carbocycles. The molecule has 0 N–H and O–H groups in total. The number of fused-ring (bicyclic) bond motifs is 3. The summed E-state index contributed by atoms with van der Waals surface area (Å²) in [6.07, 6.45) is 6.47. The Bertz CT molecular complexity index is 1600. The Kier molecular flexibility index (Phi) is 6.26. The lowest BCUT2D eigenvalue weighted by atomic mass is 9.89. The van der Waals surface area contributed by atoms with Gasteiger partial charge < -0.3 is 4.90 Å². The molecule has 1 saturated carbocycles. The monoisotopic (exact) mass is 515 g/mol.